The highest BCUT2D eigenvalue weighted by molar-refractivity contribution is 6.30. The molecular weight excluding hydrogens is 270 g/mol. The third-order valence-corrected chi connectivity index (χ3v) is 5.62. The first-order chi connectivity index (χ1) is 9.58. The Kier molecular flexibility index (Phi) is 3.89. The molecule has 1 aromatic rings. The van der Waals surface area contributed by atoms with Crippen molar-refractivity contribution in [2.75, 3.05) is 5.32 Å². The van der Waals surface area contributed by atoms with Gasteiger partial charge in [-0.25, -0.2) is 9.97 Å². The smallest absolute Gasteiger partial charge is 0.137 e. The number of halogens is 1. The molecule has 3 nitrogen and oxygen atoms in total. The summed E-state index contributed by atoms with van der Waals surface area (Å²) in [5.41, 5.74) is 0.971. The lowest BCUT2D eigenvalue weighted by Crippen LogP contribution is -2.30. The average Bonchev–Trinajstić information content (AvgIpc) is 3.06. The standard InChI is InChI=1S/C16H24ClN3/c1-4-14-19-15(17)9(2)16(20-14)18-10(3)13-8-11-5-6-12(13)7-11/h10-13H,4-8H2,1-3H3,(H,18,19,20). The fraction of sp³-hybridized carbons (Fsp3) is 0.750. The molecule has 2 aliphatic rings. The molecular formula is C16H24ClN3. The van der Waals surface area contributed by atoms with Gasteiger partial charge in [-0.1, -0.05) is 24.9 Å². The van der Waals surface area contributed by atoms with Crippen LogP contribution in [0.1, 0.15) is 50.9 Å². The van der Waals surface area contributed by atoms with Gasteiger partial charge >= 0.3 is 0 Å². The minimum atomic E-state index is 0.472. The van der Waals surface area contributed by atoms with Gasteiger partial charge in [-0.2, -0.15) is 0 Å². The highest BCUT2D eigenvalue weighted by Crippen LogP contribution is 2.49. The molecule has 1 N–H and O–H groups in total. The summed E-state index contributed by atoms with van der Waals surface area (Å²) < 4.78 is 0. The maximum Gasteiger partial charge on any atom is 0.137 e. The molecule has 1 heterocycles. The molecule has 4 heteroatoms. The zero-order chi connectivity index (χ0) is 14.3. The van der Waals surface area contributed by atoms with Crippen LogP contribution in [0.3, 0.4) is 0 Å². The minimum absolute atomic E-state index is 0.472. The van der Waals surface area contributed by atoms with Crippen LogP contribution in [0.5, 0.6) is 0 Å². The number of hydrogen-bond acceptors (Lipinski definition) is 3. The van der Waals surface area contributed by atoms with Crippen LogP contribution in [-0.2, 0) is 6.42 Å². The summed E-state index contributed by atoms with van der Waals surface area (Å²) in [6.45, 7) is 6.36. The first-order valence-corrected chi connectivity index (χ1v) is 8.25. The monoisotopic (exact) mass is 293 g/mol. The molecule has 1 aromatic heterocycles. The Morgan fingerprint density at radius 1 is 1.30 bits per heavy atom. The van der Waals surface area contributed by atoms with Crippen molar-refractivity contribution in [3.63, 3.8) is 0 Å². The van der Waals surface area contributed by atoms with Gasteiger partial charge < -0.3 is 5.32 Å². The maximum atomic E-state index is 6.21. The molecule has 4 atom stereocenters. The van der Waals surface area contributed by atoms with E-state index in [1.54, 1.807) is 0 Å². The van der Waals surface area contributed by atoms with E-state index >= 15 is 0 Å². The number of anilines is 1. The molecule has 4 unspecified atom stereocenters. The fourth-order valence-electron chi connectivity index (χ4n) is 4.06. The third kappa shape index (κ3) is 2.52. The normalized spacial score (nSPS) is 29.7. The number of aromatic nitrogens is 2. The van der Waals surface area contributed by atoms with Gasteiger partial charge in [-0.15, -0.1) is 0 Å². The molecule has 2 saturated carbocycles. The minimum Gasteiger partial charge on any atom is -0.367 e. The predicted octanol–water partition coefficient (Wildman–Crippen LogP) is 4.24. The Labute approximate surface area is 126 Å². The summed E-state index contributed by atoms with van der Waals surface area (Å²) in [6.07, 6.45) is 6.52. The zero-order valence-corrected chi connectivity index (χ0v) is 13.4. The molecule has 0 spiro atoms. The SMILES string of the molecule is CCc1nc(Cl)c(C)c(NC(C)C2CC3CCC2C3)n1. The number of hydrogen-bond donors (Lipinski definition) is 1. The Morgan fingerprint density at radius 3 is 2.70 bits per heavy atom. The van der Waals surface area contributed by atoms with Crippen molar-refractivity contribution in [1.29, 1.82) is 0 Å². The highest BCUT2D eigenvalue weighted by atomic mass is 35.5. The van der Waals surface area contributed by atoms with Crippen molar-refractivity contribution in [3.05, 3.63) is 16.5 Å². The van der Waals surface area contributed by atoms with Crippen molar-refractivity contribution in [3.8, 4) is 0 Å². The van der Waals surface area contributed by atoms with Crippen LogP contribution in [0.15, 0.2) is 0 Å². The fourth-order valence-corrected chi connectivity index (χ4v) is 4.25. The average molecular weight is 294 g/mol. The van der Waals surface area contributed by atoms with Crippen molar-refractivity contribution in [2.24, 2.45) is 17.8 Å². The molecule has 0 saturated heterocycles. The van der Waals surface area contributed by atoms with E-state index in [4.69, 9.17) is 11.6 Å². The van der Waals surface area contributed by atoms with Gasteiger partial charge in [0.25, 0.3) is 0 Å². The number of aryl methyl sites for hydroxylation is 1. The molecule has 20 heavy (non-hydrogen) atoms. The molecule has 0 aliphatic heterocycles. The topological polar surface area (TPSA) is 37.8 Å². The lowest BCUT2D eigenvalue weighted by Gasteiger charge is -2.29. The van der Waals surface area contributed by atoms with Gasteiger partial charge in [-0.3, -0.25) is 0 Å². The van der Waals surface area contributed by atoms with Crippen LogP contribution in [0.25, 0.3) is 0 Å². The summed E-state index contributed by atoms with van der Waals surface area (Å²) in [7, 11) is 0. The van der Waals surface area contributed by atoms with E-state index in [9.17, 15) is 0 Å². The summed E-state index contributed by atoms with van der Waals surface area (Å²) in [6, 6.07) is 0.472. The van der Waals surface area contributed by atoms with Crippen LogP contribution in [0, 0.1) is 24.7 Å². The quantitative estimate of drug-likeness (QED) is 0.844. The van der Waals surface area contributed by atoms with Gasteiger partial charge in [-0.05, 0) is 50.9 Å². The van der Waals surface area contributed by atoms with Gasteiger partial charge in [0.05, 0.1) is 0 Å². The molecule has 0 aromatic carbocycles. The largest absolute Gasteiger partial charge is 0.367 e. The van der Waals surface area contributed by atoms with Crippen molar-refractivity contribution in [1.82, 2.24) is 9.97 Å². The Morgan fingerprint density at radius 2 is 2.10 bits per heavy atom. The molecule has 2 fully saturated rings. The van der Waals surface area contributed by atoms with Gasteiger partial charge in [0.15, 0.2) is 0 Å². The first-order valence-electron chi connectivity index (χ1n) is 7.88. The van der Waals surface area contributed by atoms with Gasteiger partial charge in [0.1, 0.15) is 16.8 Å². The van der Waals surface area contributed by atoms with E-state index in [0.717, 1.165) is 41.4 Å². The summed E-state index contributed by atoms with van der Waals surface area (Å²) in [5.74, 6) is 4.45. The molecule has 3 rings (SSSR count). The second kappa shape index (κ2) is 5.51. The van der Waals surface area contributed by atoms with E-state index in [0.29, 0.717) is 11.2 Å². The van der Waals surface area contributed by atoms with Gasteiger partial charge in [0.2, 0.25) is 0 Å². The van der Waals surface area contributed by atoms with E-state index in [2.05, 4.69) is 29.1 Å². The van der Waals surface area contributed by atoms with E-state index in [-0.39, 0.29) is 0 Å². The molecule has 110 valence electrons. The molecule has 0 radical (unpaired) electrons. The molecule has 0 amide bonds. The van der Waals surface area contributed by atoms with E-state index < -0.39 is 0 Å². The number of rotatable bonds is 4. The lowest BCUT2D eigenvalue weighted by molar-refractivity contribution is 0.304. The summed E-state index contributed by atoms with van der Waals surface area (Å²) >= 11 is 6.21. The predicted molar refractivity (Wildman–Crippen MR) is 83.2 cm³/mol. The zero-order valence-electron chi connectivity index (χ0n) is 12.6. The number of nitrogens with one attached hydrogen (secondary N) is 1. The van der Waals surface area contributed by atoms with Crippen LogP contribution in [0.2, 0.25) is 5.15 Å². The van der Waals surface area contributed by atoms with Crippen molar-refractivity contribution in [2.45, 2.75) is 58.9 Å². The van der Waals surface area contributed by atoms with Crippen LogP contribution < -0.4 is 5.32 Å². The summed E-state index contributed by atoms with van der Waals surface area (Å²) in [5, 5.41) is 4.20. The molecule has 2 bridgehead atoms. The Balaban J connectivity index is 1.75. The van der Waals surface area contributed by atoms with E-state index in [1.807, 2.05) is 6.92 Å². The van der Waals surface area contributed by atoms with Crippen LogP contribution in [-0.4, -0.2) is 16.0 Å². The second-order valence-corrected chi connectivity index (χ2v) is 6.89. The van der Waals surface area contributed by atoms with Crippen molar-refractivity contribution >= 4 is 17.4 Å². The lowest BCUT2D eigenvalue weighted by atomic mass is 9.84. The number of fused-ring (bicyclic) bond motifs is 2. The van der Waals surface area contributed by atoms with E-state index in [1.165, 1.54) is 25.7 Å². The Bertz CT molecular complexity index is 503. The van der Waals surface area contributed by atoms with Crippen molar-refractivity contribution < 1.29 is 0 Å². The highest BCUT2D eigenvalue weighted by Gasteiger charge is 2.41. The van der Waals surface area contributed by atoms with Crippen LogP contribution >= 0.6 is 11.6 Å². The first kappa shape index (κ1) is 14.1. The second-order valence-electron chi connectivity index (χ2n) is 6.53. The third-order valence-electron chi connectivity index (χ3n) is 5.25. The Hall–Kier alpha value is -0.830. The molecule has 2 aliphatic carbocycles. The number of nitrogens with zero attached hydrogens (tertiary/aromatic N) is 2. The van der Waals surface area contributed by atoms with Crippen LogP contribution in [0.4, 0.5) is 5.82 Å². The van der Waals surface area contributed by atoms with Gasteiger partial charge in [0, 0.05) is 18.0 Å². The maximum absolute atomic E-state index is 6.21. The summed E-state index contributed by atoms with van der Waals surface area (Å²) in [4.78, 5) is 8.93.